The monoisotopic (exact) mass is 196 g/mol. The molecule has 0 amide bonds. The van der Waals surface area contributed by atoms with Gasteiger partial charge in [0.05, 0.1) is 7.11 Å². The lowest BCUT2D eigenvalue weighted by atomic mass is 10.9. The number of hydrogen-bond acceptors (Lipinski definition) is 6. The van der Waals surface area contributed by atoms with E-state index in [0.717, 1.165) is 10.8 Å². The van der Waals surface area contributed by atoms with Gasteiger partial charge in [-0.05, 0) is 0 Å². The van der Waals surface area contributed by atoms with Crippen LogP contribution in [-0.2, 0) is 14.3 Å². The Hall–Kier alpha value is -0.360. The lowest BCUT2D eigenvalue weighted by Gasteiger charge is -1.97. The predicted octanol–water partition coefficient (Wildman–Crippen LogP) is 1.31. The average Bonchev–Trinajstić information content (AvgIpc) is 2.04. The van der Waals surface area contributed by atoms with Gasteiger partial charge in [0.15, 0.2) is 0 Å². The minimum Gasteiger partial charge on any atom is -0.467 e. The van der Waals surface area contributed by atoms with Crippen LogP contribution in [0.25, 0.3) is 0 Å². The maximum absolute atomic E-state index is 10.5. The first kappa shape index (κ1) is 10.6. The Morgan fingerprint density at radius 1 is 1.64 bits per heavy atom. The van der Waals surface area contributed by atoms with Crippen LogP contribution in [0.3, 0.4) is 0 Å². The number of rotatable bonds is 5. The Kier molecular flexibility index (Phi) is 7.49. The van der Waals surface area contributed by atoms with E-state index in [1.54, 1.807) is 0 Å². The van der Waals surface area contributed by atoms with Crippen molar-refractivity contribution in [3.63, 3.8) is 0 Å². The third-order valence-electron chi connectivity index (χ3n) is 0.646. The van der Waals surface area contributed by atoms with Gasteiger partial charge in [-0.1, -0.05) is 10.8 Å². The number of carbonyl (C=O) groups is 2. The molecule has 0 saturated heterocycles. The summed E-state index contributed by atoms with van der Waals surface area (Å²) >= 11 is 0. The van der Waals surface area contributed by atoms with E-state index in [1.165, 1.54) is 17.9 Å². The van der Waals surface area contributed by atoms with Gasteiger partial charge < -0.3 is 9.47 Å². The Bertz CT molecular complexity index is 128. The zero-order chi connectivity index (χ0) is 8.53. The second-order valence-corrected chi connectivity index (χ2v) is 3.68. The molecule has 0 radical (unpaired) electrons. The summed E-state index contributed by atoms with van der Waals surface area (Å²) in [5.41, 5.74) is 0. The lowest BCUT2D eigenvalue weighted by Crippen LogP contribution is -1.94. The molecule has 0 fully saturated rings. The maximum atomic E-state index is 10.5. The molecule has 0 aliphatic rings. The smallest absolute Gasteiger partial charge is 0.377 e. The molecule has 0 unspecified atom stereocenters. The predicted molar refractivity (Wildman–Crippen MR) is 44.5 cm³/mol. The van der Waals surface area contributed by atoms with Gasteiger partial charge in [-0.25, -0.2) is 4.79 Å². The van der Waals surface area contributed by atoms with Crippen LogP contribution in [0.2, 0.25) is 0 Å². The topological polar surface area (TPSA) is 52.6 Å². The second-order valence-electron chi connectivity index (χ2n) is 1.33. The van der Waals surface area contributed by atoms with Crippen LogP contribution >= 0.6 is 21.6 Å². The normalized spacial score (nSPS) is 8.82. The first-order valence-corrected chi connectivity index (χ1v) is 5.05. The van der Waals surface area contributed by atoms with Crippen LogP contribution in [0.5, 0.6) is 0 Å². The Labute approximate surface area is 72.4 Å². The molecular weight excluding hydrogens is 188 g/mol. The van der Waals surface area contributed by atoms with Gasteiger partial charge in [0.2, 0.25) is 0 Å². The molecule has 6 heteroatoms. The summed E-state index contributed by atoms with van der Waals surface area (Å²) in [5.74, 6) is 0.582. The fourth-order valence-corrected chi connectivity index (χ4v) is 1.61. The molecule has 0 aliphatic carbocycles. The van der Waals surface area contributed by atoms with Crippen LogP contribution in [0.15, 0.2) is 0 Å². The van der Waals surface area contributed by atoms with Crippen molar-refractivity contribution in [2.75, 3.05) is 19.5 Å². The quantitative estimate of drug-likeness (QED) is 0.286. The summed E-state index contributed by atoms with van der Waals surface area (Å²) in [6.45, 7) is 0.696. The molecule has 0 saturated carbocycles. The van der Waals surface area contributed by atoms with Gasteiger partial charge in [0.25, 0.3) is 6.47 Å². The number of carbonyl (C=O) groups excluding carboxylic acids is 2. The van der Waals surface area contributed by atoms with Gasteiger partial charge in [0.1, 0.15) is 6.61 Å². The van der Waals surface area contributed by atoms with Crippen LogP contribution < -0.4 is 0 Å². The van der Waals surface area contributed by atoms with Crippen LogP contribution in [0, 0.1) is 0 Å². The molecule has 64 valence electrons. The molecule has 0 bridgehead atoms. The van der Waals surface area contributed by atoms with Crippen molar-refractivity contribution in [2.45, 2.75) is 0 Å². The van der Waals surface area contributed by atoms with E-state index in [0.29, 0.717) is 18.8 Å². The fraction of sp³-hybridized carbons (Fsp3) is 0.600. The zero-order valence-electron chi connectivity index (χ0n) is 5.94. The first-order chi connectivity index (χ1) is 5.31. The molecule has 4 nitrogen and oxygen atoms in total. The standard InChI is InChI=1S/C5H8O4S2/c1-8-5(7)11-10-3-2-9-4-6/h4H,2-3H2,1H3. The zero-order valence-corrected chi connectivity index (χ0v) is 7.57. The van der Waals surface area contributed by atoms with E-state index in [4.69, 9.17) is 0 Å². The van der Waals surface area contributed by atoms with Crippen molar-refractivity contribution in [2.24, 2.45) is 0 Å². The third-order valence-corrected chi connectivity index (χ3v) is 2.66. The number of methoxy groups -OCH3 is 1. The van der Waals surface area contributed by atoms with E-state index in [1.807, 2.05) is 0 Å². The molecular formula is C5H8O4S2. The maximum Gasteiger partial charge on any atom is 0.377 e. The Morgan fingerprint density at radius 3 is 2.91 bits per heavy atom. The Balaban J connectivity index is 3.01. The summed E-state index contributed by atoms with van der Waals surface area (Å²) in [6, 6.07) is 0. The van der Waals surface area contributed by atoms with E-state index in [9.17, 15) is 9.59 Å². The Morgan fingerprint density at radius 2 is 2.36 bits per heavy atom. The van der Waals surface area contributed by atoms with Crippen molar-refractivity contribution in [3.8, 4) is 0 Å². The molecule has 0 spiro atoms. The fourth-order valence-electron chi connectivity index (χ4n) is 0.254. The van der Waals surface area contributed by atoms with Gasteiger partial charge in [-0.2, -0.15) is 0 Å². The van der Waals surface area contributed by atoms with Crippen molar-refractivity contribution >= 4 is 33.4 Å². The average molecular weight is 196 g/mol. The third kappa shape index (κ3) is 7.54. The molecule has 11 heavy (non-hydrogen) atoms. The summed E-state index contributed by atoms with van der Waals surface area (Å²) in [7, 11) is 3.59. The highest BCUT2D eigenvalue weighted by atomic mass is 33.1. The second kappa shape index (κ2) is 7.74. The van der Waals surface area contributed by atoms with Crippen molar-refractivity contribution in [3.05, 3.63) is 0 Å². The van der Waals surface area contributed by atoms with Crippen LogP contribution in [0.4, 0.5) is 4.79 Å². The summed E-state index contributed by atoms with van der Waals surface area (Å²) < 4.78 is 8.73. The van der Waals surface area contributed by atoms with E-state index >= 15 is 0 Å². The van der Waals surface area contributed by atoms with Crippen LogP contribution in [-0.4, -0.2) is 31.2 Å². The minimum atomic E-state index is -0.346. The minimum absolute atomic E-state index is 0.318. The van der Waals surface area contributed by atoms with Gasteiger partial charge in [-0.15, -0.1) is 0 Å². The largest absolute Gasteiger partial charge is 0.467 e. The molecule has 0 aliphatic heterocycles. The van der Waals surface area contributed by atoms with Crippen molar-refractivity contribution in [1.82, 2.24) is 0 Å². The van der Waals surface area contributed by atoms with Gasteiger partial charge >= 0.3 is 5.30 Å². The lowest BCUT2D eigenvalue weighted by molar-refractivity contribution is -0.128. The number of ether oxygens (including phenoxy) is 2. The van der Waals surface area contributed by atoms with E-state index in [-0.39, 0.29) is 5.30 Å². The summed E-state index contributed by atoms with van der Waals surface area (Å²) in [4.78, 5) is 20.1. The highest BCUT2D eigenvalue weighted by molar-refractivity contribution is 8.82. The SMILES string of the molecule is COC(=O)SSCCOC=O. The molecule has 0 rings (SSSR count). The molecule has 0 atom stereocenters. The van der Waals surface area contributed by atoms with Gasteiger partial charge in [-0.3, -0.25) is 4.79 Å². The molecule has 0 N–H and O–H groups in total. The first-order valence-electron chi connectivity index (χ1n) is 2.74. The van der Waals surface area contributed by atoms with E-state index < -0.39 is 0 Å². The van der Waals surface area contributed by atoms with Crippen molar-refractivity contribution < 1.29 is 19.1 Å². The molecule has 0 aromatic carbocycles. The molecule has 0 aromatic heterocycles. The van der Waals surface area contributed by atoms with Gasteiger partial charge in [0, 0.05) is 16.5 Å². The highest BCUT2D eigenvalue weighted by Gasteiger charge is 1.99. The summed E-state index contributed by atoms with van der Waals surface area (Å²) in [5, 5.41) is -0.346. The number of hydrogen-bond donors (Lipinski definition) is 0. The molecule has 0 heterocycles. The molecule has 0 aromatic rings. The van der Waals surface area contributed by atoms with E-state index in [2.05, 4.69) is 9.47 Å². The van der Waals surface area contributed by atoms with Crippen LogP contribution in [0.1, 0.15) is 0 Å². The summed E-state index contributed by atoms with van der Waals surface area (Å²) in [6.07, 6.45) is 0. The highest BCUT2D eigenvalue weighted by Crippen LogP contribution is 2.22. The van der Waals surface area contributed by atoms with Crippen molar-refractivity contribution in [1.29, 1.82) is 0 Å².